The first-order valence-electron chi connectivity index (χ1n) is 11.8. The number of nitrogens with one attached hydrogen (secondary N) is 1. The Morgan fingerprint density at radius 2 is 1.87 bits per heavy atom. The summed E-state index contributed by atoms with van der Waals surface area (Å²) in [5, 5.41) is 17.3. The molecule has 3 aromatic heterocycles. The number of benzene rings is 2. The molecule has 0 aliphatic heterocycles. The van der Waals surface area contributed by atoms with Crippen LogP contribution in [-0.4, -0.2) is 40.9 Å². The van der Waals surface area contributed by atoms with E-state index in [1.165, 1.54) is 10.9 Å². The molecule has 0 radical (unpaired) electrons. The van der Waals surface area contributed by atoms with Gasteiger partial charge in [-0.25, -0.2) is 15.0 Å². The second-order valence-electron chi connectivity index (χ2n) is 8.58. The van der Waals surface area contributed by atoms with E-state index in [1.807, 2.05) is 37.3 Å². The van der Waals surface area contributed by atoms with Crippen LogP contribution in [0.3, 0.4) is 0 Å². The fourth-order valence-corrected chi connectivity index (χ4v) is 4.05. The summed E-state index contributed by atoms with van der Waals surface area (Å²) in [6.45, 7) is 5.09. The van der Waals surface area contributed by atoms with E-state index in [4.69, 9.17) is 15.2 Å². The Hall–Kier alpha value is -5.08. The number of hydrogen-bond acceptors (Lipinski definition) is 10. The highest BCUT2D eigenvalue weighted by molar-refractivity contribution is 5.85. The first-order chi connectivity index (χ1) is 18.3. The van der Waals surface area contributed by atoms with Crippen LogP contribution in [0.2, 0.25) is 0 Å². The molecule has 0 fully saturated rings. The minimum Gasteiger partial charge on any atom is -0.383 e. The minimum absolute atomic E-state index is 0.170. The molecule has 0 spiro atoms. The number of aryl methyl sites for hydroxylation is 1. The summed E-state index contributed by atoms with van der Waals surface area (Å²) >= 11 is 0. The smallest absolute Gasteiger partial charge is 0.267 e. The standard InChI is InChI=1S/C27H24N8O3/c1-15(36)12-13-18-8-7-11-20-21(18)27(37)35(19-9-5-4-6-10-19)26(33-20)16(2)31-24-22(23(28)29-14-30-24)25-32-17(3)38-34-25/h4-11,14-16,36H,1-3H3,(H3,28,29,30,31). The quantitative estimate of drug-likeness (QED) is 0.301. The van der Waals surface area contributed by atoms with Gasteiger partial charge in [-0.3, -0.25) is 9.36 Å². The van der Waals surface area contributed by atoms with E-state index >= 15 is 0 Å². The zero-order valence-electron chi connectivity index (χ0n) is 20.9. The van der Waals surface area contributed by atoms with Crippen LogP contribution < -0.4 is 16.6 Å². The van der Waals surface area contributed by atoms with Crippen molar-refractivity contribution in [3.63, 3.8) is 0 Å². The van der Waals surface area contributed by atoms with Gasteiger partial charge in [-0.05, 0) is 38.1 Å². The second kappa shape index (κ2) is 10.1. The molecule has 0 amide bonds. The molecule has 5 rings (SSSR count). The SMILES string of the molecule is Cc1nc(-c2c(N)ncnc2NC(C)c2nc3cccc(C#CC(C)O)c3c(=O)n2-c2ccccc2)no1. The number of nitrogens with zero attached hydrogens (tertiary/aromatic N) is 6. The van der Waals surface area contributed by atoms with Gasteiger partial charge < -0.3 is 20.7 Å². The van der Waals surface area contributed by atoms with Crippen LogP contribution in [0.25, 0.3) is 28.0 Å². The van der Waals surface area contributed by atoms with Crippen molar-refractivity contribution in [3.05, 3.63) is 82.5 Å². The first kappa shape index (κ1) is 24.6. The molecule has 38 heavy (non-hydrogen) atoms. The van der Waals surface area contributed by atoms with Gasteiger partial charge in [0.25, 0.3) is 5.56 Å². The summed E-state index contributed by atoms with van der Waals surface area (Å²) in [5.41, 5.74) is 7.81. The second-order valence-corrected chi connectivity index (χ2v) is 8.58. The van der Waals surface area contributed by atoms with Crippen molar-refractivity contribution in [1.82, 2.24) is 29.7 Å². The molecule has 190 valence electrons. The van der Waals surface area contributed by atoms with E-state index in [0.29, 0.717) is 45.3 Å². The summed E-state index contributed by atoms with van der Waals surface area (Å²) in [4.78, 5) is 31.6. The van der Waals surface area contributed by atoms with Crippen molar-refractivity contribution in [2.45, 2.75) is 32.9 Å². The predicted molar refractivity (Wildman–Crippen MR) is 142 cm³/mol. The number of rotatable bonds is 5. The molecular formula is C27H24N8O3. The molecule has 4 N–H and O–H groups in total. The third kappa shape index (κ3) is 4.68. The number of nitrogen functional groups attached to an aromatic ring is 1. The first-order valence-corrected chi connectivity index (χ1v) is 11.8. The summed E-state index contributed by atoms with van der Waals surface area (Å²) in [7, 11) is 0. The van der Waals surface area contributed by atoms with E-state index in [2.05, 4.69) is 37.3 Å². The molecular weight excluding hydrogens is 484 g/mol. The number of para-hydroxylation sites is 1. The van der Waals surface area contributed by atoms with E-state index in [9.17, 15) is 9.90 Å². The van der Waals surface area contributed by atoms with Crippen LogP contribution in [0.15, 0.2) is 64.2 Å². The van der Waals surface area contributed by atoms with Crippen LogP contribution in [0.4, 0.5) is 11.6 Å². The maximum atomic E-state index is 14.0. The number of anilines is 2. The number of fused-ring (bicyclic) bond motifs is 1. The molecule has 2 unspecified atom stereocenters. The fourth-order valence-electron chi connectivity index (χ4n) is 4.05. The fraction of sp³-hybridized carbons (Fsp3) is 0.185. The largest absolute Gasteiger partial charge is 0.383 e. The van der Waals surface area contributed by atoms with Crippen molar-refractivity contribution in [2.75, 3.05) is 11.1 Å². The molecule has 11 heteroatoms. The number of aliphatic hydroxyl groups is 1. The average Bonchev–Trinajstić information content (AvgIpc) is 3.33. The lowest BCUT2D eigenvalue weighted by Gasteiger charge is -2.21. The zero-order valence-corrected chi connectivity index (χ0v) is 20.9. The number of hydrogen-bond donors (Lipinski definition) is 3. The van der Waals surface area contributed by atoms with E-state index in [1.54, 1.807) is 32.0 Å². The summed E-state index contributed by atoms with van der Waals surface area (Å²) < 4.78 is 6.66. The highest BCUT2D eigenvalue weighted by Crippen LogP contribution is 2.31. The minimum atomic E-state index is -0.837. The Kier molecular flexibility index (Phi) is 6.55. The van der Waals surface area contributed by atoms with E-state index < -0.39 is 12.1 Å². The Bertz CT molecular complexity index is 1750. The molecule has 0 aliphatic carbocycles. The lowest BCUT2D eigenvalue weighted by atomic mass is 10.1. The van der Waals surface area contributed by atoms with Gasteiger partial charge in [0, 0.05) is 12.5 Å². The van der Waals surface area contributed by atoms with Crippen molar-refractivity contribution in [1.29, 1.82) is 0 Å². The lowest BCUT2D eigenvalue weighted by Crippen LogP contribution is -2.28. The Balaban J connectivity index is 1.69. The molecule has 2 atom stereocenters. The molecule has 3 heterocycles. The van der Waals surface area contributed by atoms with Gasteiger partial charge in [-0.15, -0.1) is 0 Å². The van der Waals surface area contributed by atoms with Crippen LogP contribution in [-0.2, 0) is 0 Å². The molecule has 5 aromatic rings. The highest BCUT2D eigenvalue weighted by Gasteiger charge is 2.23. The molecule has 2 aromatic carbocycles. The van der Waals surface area contributed by atoms with Crippen molar-refractivity contribution >= 4 is 22.5 Å². The van der Waals surface area contributed by atoms with Gasteiger partial charge in [-0.2, -0.15) is 4.98 Å². The van der Waals surface area contributed by atoms with Crippen molar-refractivity contribution in [2.24, 2.45) is 0 Å². The number of aliphatic hydroxyl groups excluding tert-OH is 1. The van der Waals surface area contributed by atoms with E-state index in [0.717, 1.165) is 0 Å². The van der Waals surface area contributed by atoms with Gasteiger partial charge in [0.1, 0.15) is 35.5 Å². The molecule has 0 saturated carbocycles. The van der Waals surface area contributed by atoms with Crippen molar-refractivity contribution in [3.8, 4) is 28.9 Å². The molecule has 0 bridgehead atoms. The van der Waals surface area contributed by atoms with Crippen LogP contribution >= 0.6 is 0 Å². The summed E-state index contributed by atoms with van der Waals surface area (Å²) in [5.74, 6) is 7.18. The average molecular weight is 509 g/mol. The zero-order chi connectivity index (χ0) is 26.8. The van der Waals surface area contributed by atoms with Gasteiger partial charge in [0.05, 0.1) is 22.6 Å². The Morgan fingerprint density at radius 1 is 1.08 bits per heavy atom. The monoisotopic (exact) mass is 508 g/mol. The molecule has 0 aliphatic rings. The lowest BCUT2D eigenvalue weighted by molar-refractivity contribution is 0.253. The number of aromatic nitrogens is 6. The van der Waals surface area contributed by atoms with Gasteiger partial charge in [0.15, 0.2) is 0 Å². The maximum absolute atomic E-state index is 14.0. The third-order valence-corrected chi connectivity index (χ3v) is 5.72. The van der Waals surface area contributed by atoms with Gasteiger partial charge in [-0.1, -0.05) is 41.3 Å². The Morgan fingerprint density at radius 3 is 2.58 bits per heavy atom. The highest BCUT2D eigenvalue weighted by atomic mass is 16.5. The van der Waals surface area contributed by atoms with Crippen molar-refractivity contribution < 1.29 is 9.63 Å². The summed E-state index contributed by atoms with van der Waals surface area (Å²) in [6, 6.07) is 13.9. The van der Waals surface area contributed by atoms with Gasteiger partial charge >= 0.3 is 0 Å². The molecule has 0 saturated heterocycles. The summed E-state index contributed by atoms with van der Waals surface area (Å²) in [6.07, 6.45) is 0.488. The number of nitrogens with two attached hydrogens (primary N) is 1. The predicted octanol–water partition coefficient (Wildman–Crippen LogP) is 3.02. The van der Waals surface area contributed by atoms with Crippen LogP contribution in [0.1, 0.15) is 37.2 Å². The van der Waals surface area contributed by atoms with E-state index in [-0.39, 0.29) is 17.2 Å². The Labute approximate surface area is 217 Å². The van der Waals surface area contributed by atoms with Crippen LogP contribution in [0, 0.1) is 18.8 Å². The molecule has 11 nitrogen and oxygen atoms in total. The topological polar surface area (TPSA) is 158 Å². The normalized spacial score (nSPS) is 12.5. The van der Waals surface area contributed by atoms with Gasteiger partial charge in [0.2, 0.25) is 11.7 Å². The van der Waals surface area contributed by atoms with Crippen LogP contribution in [0.5, 0.6) is 0 Å². The maximum Gasteiger partial charge on any atom is 0.267 e. The third-order valence-electron chi connectivity index (χ3n) is 5.72.